The minimum atomic E-state index is -3.07. The Morgan fingerprint density at radius 1 is 0.955 bits per heavy atom. The van der Waals surface area contributed by atoms with Gasteiger partial charge in [0.25, 0.3) is 14.1 Å². The SMILES string of the molecule is C=C(C)C(=O)NCCCCCCCCCCCCCC(=O)CCC(CC)(CC)O[Si](OC[C@H]1O[C@@H](n2cc(C)c(=O)[nH]c2=O)CC1OP(OCCC#N)N(C(C)C)C(C)C)(C(C)C)C(C)C. The topological polar surface area (TPSA) is 174 Å². The molecule has 0 saturated carbocycles. The molecule has 2 N–H and O–H groups in total. The number of aromatic nitrogens is 2. The molecule has 0 spiro atoms. The summed E-state index contributed by atoms with van der Waals surface area (Å²) in [5, 5.41) is 12.2. The first-order valence-corrected chi connectivity index (χ1v) is 28.4. The van der Waals surface area contributed by atoms with E-state index in [-0.39, 0.29) is 54.5 Å². The molecule has 2 rings (SSSR count). The average molecular weight is 964 g/mol. The maximum absolute atomic E-state index is 13.4. The maximum Gasteiger partial charge on any atom is 0.343 e. The highest BCUT2D eigenvalue weighted by Gasteiger charge is 2.52. The molecule has 0 bridgehead atoms. The van der Waals surface area contributed by atoms with Crippen LogP contribution in [0.3, 0.4) is 0 Å². The number of carbonyl (C=O) groups excluding carboxylic acids is 2. The third-order valence-electron chi connectivity index (χ3n) is 12.9. The molecule has 4 atom stereocenters. The number of ether oxygens (including phenoxy) is 1. The van der Waals surface area contributed by atoms with Gasteiger partial charge in [0, 0.05) is 55.2 Å². The second-order valence-corrected chi connectivity index (χ2v) is 25.2. The molecule has 2 heterocycles. The number of nitrogens with zero attached hydrogens (tertiary/aromatic N) is 3. The maximum atomic E-state index is 13.4. The fourth-order valence-electron chi connectivity index (χ4n) is 8.84. The number of ketones is 1. The van der Waals surface area contributed by atoms with Crippen molar-refractivity contribution in [2.75, 3.05) is 19.8 Å². The lowest BCUT2D eigenvalue weighted by atomic mass is 9.90. The number of H-pyrrole nitrogens is 1. The molecule has 1 saturated heterocycles. The molecular formula is C50H90N5O9PSi. The molecule has 1 aliphatic heterocycles. The fraction of sp³-hybridized carbons (Fsp3) is 0.820. The van der Waals surface area contributed by atoms with Crippen LogP contribution >= 0.6 is 8.53 Å². The smallest absolute Gasteiger partial charge is 0.343 e. The number of Topliss-reactive ketones (excluding diaryl/α,β-unsaturated/α-hetero) is 1. The third kappa shape index (κ3) is 19.5. The molecule has 14 nitrogen and oxygen atoms in total. The number of nitrogens with one attached hydrogen (secondary N) is 2. The van der Waals surface area contributed by atoms with Crippen molar-refractivity contribution in [3.63, 3.8) is 0 Å². The zero-order valence-corrected chi connectivity index (χ0v) is 45.0. The number of rotatable bonds is 36. The number of unbranched alkanes of at least 4 members (excludes halogenated alkanes) is 10. The van der Waals surface area contributed by atoms with Gasteiger partial charge in [-0.2, -0.15) is 5.26 Å². The van der Waals surface area contributed by atoms with Gasteiger partial charge < -0.3 is 28.0 Å². The zero-order valence-electron chi connectivity index (χ0n) is 43.1. The largest absolute Gasteiger partial charge is 0.391 e. The van der Waals surface area contributed by atoms with E-state index >= 15 is 0 Å². The Balaban J connectivity index is 2.11. The van der Waals surface area contributed by atoms with Crippen molar-refractivity contribution in [2.24, 2.45) is 0 Å². The molecule has 1 aliphatic rings. The summed E-state index contributed by atoms with van der Waals surface area (Å²) in [4.78, 5) is 52.8. The van der Waals surface area contributed by atoms with Crippen molar-refractivity contribution >= 4 is 28.8 Å². The Bertz CT molecular complexity index is 1740. The monoisotopic (exact) mass is 964 g/mol. The van der Waals surface area contributed by atoms with Gasteiger partial charge in [0.2, 0.25) is 5.91 Å². The normalized spacial score (nSPS) is 17.4. The van der Waals surface area contributed by atoms with E-state index in [4.69, 9.17) is 22.6 Å². The highest BCUT2D eigenvalue weighted by atomic mass is 31.2. The first-order valence-electron chi connectivity index (χ1n) is 25.3. The molecule has 1 fully saturated rings. The summed E-state index contributed by atoms with van der Waals surface area (Å²) >= 11 is 0. The van der Waals surface area contributed by atoms with Crippen LogP contribution in [0.15, 0.2) is 27.9 Å². The molecule has 16 heteroatoms. The summed E-state index contributed by atoms with van der Waals surface area (Å²) in [5.74, 6) is 0.233. The summed E-state index contributed by atoms with van der Waals surface area (Å²) in [7, 11) is -4.71. The minimum Gasteiger partial charge on any atom is -0.391 e. The number of hydrogen-bond donors (Lipinski definition) is 2. The third-order valence-corrected chi connectivity index (χ3v) is 19.7. The van der Waals surface area contributed by atoms with Crippen LogP contribution in [0.2, 0.25) is 11.1 Å². The highest BCUT2D eigenvalue weighted by molar-refractivity contribution is 7.44. The van der Waals surface area contributed by atoms with E-state index < -0.39 is 52.4 Å². The van der Waals surface area contributed by atoms with E-state index in [9.17, 15) is 24.4 Å². The van der Waals surface area contributed by atoms with Gasteiger partial charge in [-0.3, -0.25) is 23.9 Å². The van der Waals surface area contributed by atoms with Crippen molar-refractivity contribution in [3.8, 4) is 6.07 Å². The summed E-state index contributed by atoms with van der Waals surface area (Å²) in [5.41, 5.74) is -0.481. The van der Waals surface area contributed by atoms with Crippen LogP contribution in [-0.4, -0.2) is 84.1 Å². The van der Waals surface area contributed by atoms with Gasteiger partial charge in [0.1, 0.15) is 18.1 Å². The Morgan fingerprint density at radius 2 is 1.52 bits per heavy atom. The molecule has 378 valence electrons. The lowest BCUT2D eigenvalue weighted by Crippen LogP contribution is -2.56. The van der Waals surface area contributed by atoms with Gasteiger partial charge >= 0.3 is 14.3 Å². The van der Waals surface area contributed by atoms with Crippen LogP contribution in [0.4, 0.5) is 0 Å². The average Bonchev–Trinajstić information content (AvgIpc) is 3.66. The van der Waals surface area contributed by atoms with Gasteiger partial charge in [-0.15, -0.1) is 0 Å². The first-order chi connectivity index (χ1) is 31.3. The Labute approximate surface area is 400 Å². The Morgan fingerprint density at radius 3 is 2.03 bits per heavy atom. The van der Waals surface area contributed by atoms with Crippen LogP contribution in [0.25, 0.3) is 0 Å². The molecule has 0 aliphatic carbocycles. The number of aromatic amines is 1. The summed E-state index contributed by atoms with van der Waals surface area (Å²) in [6.07, 6.45) is 16.0. The number of amides is 1. The van der Waals surface area contributed by atoms with Crippen LogP contribution < -0.4 is 16.6 Å². The van der Waals surface area contributed by atoms with Gasteiger partial charge in [-0.1, -0.05) is 106 Å². The Kier molecular flexibility index (Phi) is 27.8. The number of aryl methyl sites for hydroxylation is 1. The summed E-state index contributed by atoms with van der Waals surface area (Å²) in [6, 6.07) is 2.32. The van der Waals surface area contributed by atoms with Crippen molar-refractivity contribution in [1.29, 1.82) is 5.26 Å². The van der Waals surface area contributed by atoms with E-state index in [1.165, 1.54) is 49.3 Å². The second kappa shape index (κ2) is 30.8. The standard InChI is InChI=1S/C50H90N5O9PSi/c1-14-50(15-2,30-29-43(56)28-25-23-21-19-17-16-18-20-22-24-26-32-52-47(57)37(3)4)64-66(40(9)10,41(11)12)61-36-45-44(34-46(62-45)54-35-42(13)48(58)53-49(54)59)63-65(60-33-27-31-51)55(38(5)6)39(7)8/h35,38-41,44-46H,3,14-30,32-34,36H2,1-2,4-13H3,(H,52,57)(H,53,58,59)/t44?,45-,46-,65?/m1/s1. The first kappa shape index (κ1) is 59.6. The molecule has 1 aromatic heterocycles. The van der Waals surface area contributed by atoms with Crippen LogP contribution in [-0.2, 0) is 32.2 Å². The quantitative estimate of drug-likeness (QED) is 0.0283. The second-order valence-electron chi connectivity index (χ2n) is 19.6. The van der Waals surface area contributed by atoms with Crippen LogP contribution in [0, 0.1) is 18.3 Å². The number of hydrogen-bond acceptors (Lipinski definition) is 11. The fourth-order valence-corrected chi connectivity index (χ4v) is 14.6. The van der Waals surface area contributed by atoms with Gasteiger partial charge in [-0.05, 0) is 84.7 Å². The van der Waals surface area contributed by atoms with Crippen molar-refractivity contribution in [3.05, 3.63) is 44.8 Å². The Hall–Kier alpha value is -2.54. The van der Waals surface area contributed by atoms with E-state index in [0.717, 1.165) is 51.5 Å². The van der Waals surface area contributed by atoms with E-state index in [0.29, 0.717) is 36.8 Å². The summed E-state index contributed by atoms with van der Waals surface area (Å²) in [6.45, 7) is 29.4. The van der Waals surface area contributed by atoms with Gasteiger partial charge in [0.15, 0.2) is 0 Å². The van der Waals surface area contributed by atoms with Crippen molar-refractivity contribution < 1.29 is 32.2 Å². The molecule has 0 aromatic carbocycles. The zero-order chi connectivity index (χ0) is 49.5. The van der Waals surface area contributed by atoms with Gasteiger partial charge in [-0.25, -0.2) is 9.46 Å². The molecule has 66 heavy (non-hydrogen) atoms. The van der Waals surface area contributed by atoms with E-state index in [2.05, 4.69) is 96.9 Å². The molecule has 1 aromatic rings. The molecular weight excluding hydrogens is 874 g/mol. The molecule has 1 amide bonds. The number of carbonyl (C=O) groups is 2. The van der Waals surface area contributed by atoms with Crippen LogP contribution in [0.5, 0.6) is 0 Å². The van der Waals surface area contributed by atoms with E-state index in [1.54, 1.807) is 13.8 Å². The predicted molar refractivity (Wildman–Crippen MR) is 268 cm³/mol. The lowest BCUT2D eigenvalue weighted by Gasteiger charge is -2.46. The lowest BCUT2D eigenvalue weighted by molar-refractivity contribution is -0.121. The number of nitriles is 1. The highest BCUT2D eigenvalue weighted by Crippen LogP contribution is 2.50. The molecule has 2 unspecified atom stereocenters. The van der Waals surface area contributed by atoms with Gasteiger partial charge in [0.05, 0.1) is 37.4 Å². The van der Waals surface area contributed by atoms with Crippen molar-refractivity contribution in [2.45, 2.75) is 246 Å². The summed E-state index contributed by atoms with van der Waals surface area (Å²) < 4.78 is 38.0. The van der Waals surface area contributed by atoms with E-state index in [1.807, 2.05) is 0 Å². The molecule has 0 radical (unpaired) electrons. The van der Waals surface area contributed by atoms with Crippen LogP contribution in [0.1, 0.15) is 204 Å². The minimum absolute atomic E-state index is 0.0543. The van der Waals surface area contributed by atoms with Crippen molar-refractivity contribution in [1.82, 2.24) is 19.5 Å². The predicted octanol–water partition coefficient (Wildman–Crippen LogP) is 11.4.